The summed E-state index contributed by atoms with van der Waals surface area (Å²) < 4.78 is 5.13. The summed E-state index contributed by atoms with van der Waals surface area (Å²) in [6, 6.07) is 8.98. The third-order valence-corrected chi connectivity index (χ3v) is 3.89. The fourth-order valence-electron chi connectivity index (χ4n) is 2.38. The lowest BCUT2D eigenvalue weighted by molar-refractivity contribution is -0.122. The number of carbonyl (C=O) groups is 1. The highest BCUT2D eigenvalue weighted by molar-refractivity contribution is 6.30. The molecule has 1 heterocycles. The Morgan fingerprint density at radius 2 is 2.23 bits per heavy atom. The normalized spacial score (nSPS) is 19.8. The van der Waals surface area contributed by atoms with E-state index in [9.17, 15) is 4.79 Å². The van der Waals surface area contributed by atoms with Crippen LogP contribution in [0.4, 0.5) is 5.88 Å². The molecule has 1 aromatic heterocycles. The second-order valence-electron chi connectivity index (χ2n) is 5.20. The van der Waals surface area contributed by atoms with Gasteiger partial charge in [0.15, 0.2) is 6.19 Å². The maximum Gasteiger partial charge on any atom is 0.231 e. The van der Waals surface area contributed by atoms with E-state index in [4.69, 9.17) is 21.4 Å². The Bertz CT molecular complexity index is 731. The zero-order chi connectivity index (χ0) is 15.5. The van der Waals surface area contributed by atoms with E-state index in [1.54, 1.807) is 18.2 Å². The number of benzene rings is 1. The van der Waals surface area contributed by atoms with Crippen molar-refractivity contribution in [3.8, 4) is 17.5 Å². The van der Waals surface area contributed by atoms with Crippen molar-refractivity contribution in [2.24, 2.45) is 5.92 Å². The zero-order valence-corrected chi connectivity index (χ0v) is 12.3. The quantitative estimate of drug-likeness (QED) is 0.668. The number of nitrogens with zero attached hydrogens (tertiary/aromatic N) is 2. The maximum absolute atomic E-state index is 12.0. The average Bonchev–Trinajstić information content (AvgIpc) is 2.90. The first kappa shape index (κ1) is 14.4. The van der Waals surface area contributed by atoms with E-state index in [1.807, 2.05) is 18.3 Å². The van der Waals surface area contributed by atoms with Crippen LogP contribution in [0, 0.1) is 17.4 Å². The molecule has 3 rings (SSSR count). The molecule has 0 atom stereocenters. The van der Waals surface area contributed by atoms with Gasteiger partial charge in [0, 0.05) is 28.6 Å². The van der Waals surface area contributed by atoms with Crippen LogP contribution < -0.4 is 10.6 Å². The predicted molar refractivity (Wildman–Crippen MR) is 80.8 cm³/mol. The lowest BCUT2D eigenvalue weighted by Gasteiger charge is -2.32. The van der Waals surface area contributed by atoms with Gasteiger partial charge < -0.3 is 9.84 Å². The summed E-state index contributed by atoms with van der Waals surface area (Å²) in [6.07, 6.45) is 3.18. The summed E-state index contributed by atoms with van der Waals surface area (Å²) in [5, 5.41) is 18.4. The van der Waals surface area contributed by atoms with Crippen LogP contribution in [0.2, 0.25) is 5.02 Å². The lowest BCUT2D eigenvalue weighted by atomic mass is 9.80. The molecule has 1 aliphatic carbocycles. The van der Waals surface area contributed by atoms with Gasteiger partial charge in [-0.2, -0.15) is 5.26 Å². The first-order chi connectivity index (χ1) is 10.7. The second kappa shape index (κ2) is 6.08. The van der Waals surface area contributed by atoms with Crippen molar-refractivity contribution in [2.45, 2.75) is 18.9 Å². The molecule has 1 amide bonds. The molecule has 0 radical (unpaired) electrons. The minimum absolute atomic E-state index is 0.0949. The fourth-order valence-corrected chi connectivity index (χ4v) is 2.57. The summed E-state index contributed by atoms with van der Waals surface area (Å²) in [5.41, 5.74) is 1.43. The first-order valence-electron chi connectivity index (χ1n) is 6.84. The maximum atomic E-state index is 12.0. The number of nitriles is 1. The zero-order valence-electron chi connectivity index (χ0n) is 11.5. The van der Waals surface area contributed by atoms with Crippen molar-refractivity contribution in [1.29, 1.82) is 5.26 Å². The van der Waals surface area contributed by atoms with Crippen molar-refractivity contribution in [3.05, 3.63) is 35.4 Å². The van der Waals surface area contributed by atoms with Gasteiger partial charge in [-0.3, -0.25) is 10.1 Å². The van der Waals surface area contributed by atoms with Crippen molar-refractivity contribution in [3.63, 3.8) is 0 Å². The van der Waals surface area contributed by atoms with Crippen LogP contribution >= 0.6 is 11.6 Å². The van der Waals surface area contributed by atoms with Gasteiger partial charge in [-0.05, 0) is 25.0 Å². The van der Waals surface area contributed by atoms with Gasteiger partial charge in [-0.25, -0.2) is 0 Å². The standard InChI is InChI=1S/C15H13ClN4O2/c16-11-3-1-2-9(4-11)13-7-14(22-20-13)19-15(21)10-5-12(6-10)18-8-17/h1-4,7,10,12,18H,5-6H2,(H,19,21). The average molecular weight is 317 g/mol. The molecular weight excluding hydrogens is 304 g/mol. The van der Waals surface area contributed by atoms with Gasteiger partial charge >= 0.3 is 0 Å². The van der Waals surface area contributed by atoms with Gasteiger partial charge in [0.05, 0.1) is 0 Å². The highest BCUT2D eigenvalue weighted by Gasteiger charge is 2.34. The third-order valence-electron chi connectivity index (χ3n) is 3.65. The van der Waals surface area contributed by atoms with E-state index in [-0.39, 0.29) is 17.9 Å². The number of amides is 1. The number of hydrogen-bond donors (Lipinski definition) is 2. The van der Waals surface area contributed by atoms with Gasteiger partial charge in [-0.1, -0.05) is 28.9 Å². The van der Waals surface area contributed by atoms with Crippen LogP contribution in [0.1, 0.15) is 12.8 Å². The molecule has 7 heteroatoms. The number of halogens is 1. The molecule has 22 heavy (non-hydrogen) atoms. The van der Waals surface area contributed by atoms with Gasteiger partial charge in [0.1, 0.15) is 5.69 Å². The van der Waals surface area contributed by atoms with Crippen molar-refractivity contribution < 1.29 is 9.32 Å². The molecule has 1 fully saturated rings. The Balaban J connectivity index is 1.61. The predicted octanol–water partition coefficient (Wildman–Crippen LogP) is 2.78. The lowest BCUT2D eigenvalue weighted by Crippen LogP contribution is -2.44. The molecule has 0 aliphatic heterocycles. The molecule has 1 saturated carbocycles. The van der Waals surface area contributed by atoms with Crippen LogP contribution in [0.3, 0.4) is 0 Å². The van der Waals surface area contributed by atoms with E-state index in [2.05, 4.69) is 15.8 Å². The molecule has 1 aliphatic rings. The molecule has 2 N–H and O–H groups in total. The van der Waals surface area contributed by atoms with E-state index in [0.717, 1.165) is 5.56 Å². The molecular formula is C15H13ClN4O2. The number of nitrogens with one attached hydrogen (secondary N) is 2. The van der Waals surface area contributed by atoms with E-state index >= 15 is 0 Å². The summed E-state index contributed by atoms with van der Waals surface area (Å²) in [4.78, 5) is 12.0. The summed E-state index contributed by atoms with van der Waals surface area (Å²) in [5.74, 6) is 0.0759. The summed E-state index contributed by atoms with van der Waals surface area (Å²) in [6.45, 7) is 0. The number of rotatable bonds is 4. The van der Waals surface area contributed by atoms with Crippen molar-refractivity contribution in [1.82, 2.24) is 10.5 Å². The molecule has 1 aromatic carbocycles. The Kier molecular flexibility index (Phi) is 3.98. The van der Waals surface area contributed by atoms with Crippen LogP contribution in [0.15, 0.2) is 34.9 Å². The van der Waals surface area contributed by atoms with Crippen LogP contribution in [-0.4, -0.2) is 17.1 Å². The first-order valence-corrected chi connectivity index (χ1v) is 7.21. The van der Waals surface area contributed by atoms with Gasteiger partial charge in [-0.15, -0.1) is 0 Å². The number of aromatic nitrogens is 1. The van der Waals surface area contributed by atoms with E-state index in [1.165, 1.54) is 0 Å². The van der Waals surface area contributed by atoms with Crippen LogP contribution in [-0.2, 0) is 4.79 Å². The Morgan fingerprint density at radius 3 is 2.95 bits per heavy atom. The largest absolute Gasteiger partial charge is 0.338 e. The Labute approximate surface area is 132 Å². The number of anilines is 1. The summed E-state index contributed by atoms with van der Waals surface area (Å²) >= 11 is 5.94. The SMILES string of the molecule is N#CNC1CC(C(=O)Nc2cc(-c3cccc(Cl)c3)no2)C1. The monoisotopic (exact) mass is 316 g/mol. The van der Waals surface area contributed by atoms with Gasteiger partial charge in [0.25, 0.3) is 0 Å². The number of hydrogen-bond acceptors (Lipinski definition) is 5. The second-order valence-corrected chi connectivity index (χ2v) is 5.63. The third kappa shape index (κ3) is 3.05. The molecule has 112 valence electrons. The van der Waals surface area contributed by atoms with E-state index < -0.39 is 0 Å². The van der Waals surface area contributed by atoms with E-state index in [0.29, 0.717) is 29.4 Å². The summed E-state index contributed by atoms with van der Waals surface area (Å²) in [7, 11) is 0. The molecule has 2 aromatic rings. The Morgan fingerprint density at radius 1 is 1.41 bits per heavy atom. The Hall–Kier alpha value is -2.52. The highest BCUT2D eigenvalue weighted by atomic mass is 35.5. The smallest absolute Gasteiger partial charge is 0.231 e. The van der Waals surface area contributed by atoms with Crippen LogP contribution in [0.5, 0.6) is 0 Å². The van der Waals surface area contributed by atoms with Crippen LogP contribution in [0.25, 0.3) is 11.3 Å². The molecule has 0 bridgehead atoms. The minimum atomic E-state index is -0.121. The molecule has 0 saturated heterocycles. The topological polar surface area (TPSA) is 91.0 Å². The van der Waals surface area contributed by atoms with Crippen molar-refractivity contribution >= 4 is 23.4 Å². The number of carbonyl (C=O) groups excluding carboxylic acids is 1. The molecule has 0 spiro atoms. The molecule has 6 nitrogen and oxygen atoms in total. The minimum Gasteiger partial charge on any atom is -0.338 e. The molecule has 0 unspecified atom stereocenters. The fraction of sp³-hybridized carbons (Fsp3) is 0.267. The van der Waals surface area contributed by atoms with Crippen molar-refractivity contribution in [2.75, 3.05) is 5.32 Å². The highest BCUT2D eigenvalue weighted by Crippen LogP contribution is 2.29. The van der Waals surface area contributed by atoms with Gasteiger partial charge in [0.2, 0.25) is 11.8 Å².